The molecule has 1 fully saturated rings. The molecule has 15 heavy (non-hydrogen) atoms. The maximum Gasteiger partial charge on any atom is 0.0739 e. The Hall–Kier alpha value is -0.570. The largest absolute Gasteiger partial charge is 0.411 e. The van der Waals surface area contributed by atoms with E-state index in [-0.39, 0.29) is 0 Å². The molecule has 1 atom stereocenters. The summed E-state index contributed by atoms with van der Waals surface area (Å²) in [6.07, 6.45) is 7.07. The second kappa shape index (κ2) is 6.83. The Morgan fingerprint density at radius 2 is 1.93 bits per heavy atom. The van der Waals surface area contributed by atoms with Crippen molar-refractivity contribution in [2.45, 2.75) is 58.4 Å². The quantitative estimate of drug-likeness (QED) is 0.432. The summed E-state index contributed by atoms with van der Waals surface area (Å²) in [6.45, 7) is 6.61. The highest BCUT2D eigenvalue weighted by Crippen LogP contribution is 2.17. The van der Waals surface area contributed by atoms with Crippen molar-refractivity contribution in [3.63, 3.8) is 0 Å². The number of hydrogen-bond donors (Lipinski definition) is 1. The van der Waals surface area contributed by atoms with Gasteiger partial charge in [-0.15, -0.1) is 0 Å². The summed E-state index contributed by atoms with van der Waals surface area (Å²) in [5, 5.41) is 12.5. The molecule has 0 aliphatic carbocycles. The van der Waals surface area contributed by atoms with E-state index in [1.165, 1.54) is 32.4 Å². The van der Waals surface area contributed by atoms with Gasteiger partial charge in [-0.3, -0.25) is 4.90 Å². The zero-order valence-corrected chi connectivity index (χ0v) is 10.1. The van der Waals surface area contributed by atoms with Crippen LogP contribution in [0.5, 0.6) is 0 Å². The molecule has 1 heterocycles. The summed E-state index contributed by atoms with van der Waals surface area (Å²) >= 11 is 0. The van der Waals surface area contributed by atoms with Crippen LogP contribution >= 0.6 is 0 Å². The van der Waals surface area contributed by atoms with Crippen molar-refractivity contribution in [2.24, 2.45) is 5.16 Å². The standard InChI is InChI=1S/C12H24N2O/c1-3-8-12(11(4-2)13-15)14-9-6-5-7-10-14/h12,15H,3-10H2,1-2H3/b13-11+. The first kappa shape index (κ1) is 12.5. The topological polar surface area (TPSA) is 35.8 Å². The van der Waals surface area contributed by atoms with Crippen molar-refractivity contribution in [3.05, 3.63) is 0 Å². The summed E-state index contributed by atoms with van der Waals surface area (Å²) in [5.74, 6) is 0. The van der Waals surface area contributed by atoms with E-state index in [9.17, 15) is 0 Å². The molecule has 1 saturated heterocycles. The molecule has 0 aromatic heterocycles. The van der Waals surface area contributed by atoms with Gasteiger partial charge in [0.2, 0.25) is 0 Å². The van der Waals surface area contributed by atoms with Crippen molar-refractivity contribution in [2.75, 3.05) is 13.1 Å². The summed E-state index contributed by atoms with van der Waals surface area (Å²) < 4.78 is 0. The number of oxime groups is 1. The number of hydrogen-bond acceptors (Lipinski definition) is 3. The van der Waals surface area contributed by atoms with E-state index in [1.807, 2.05) is 0 Å². The predicted molar refractivity (Wildman–Crippen MR) is 63.6 cm³/mol. The van der Waals surface area contributed by atoms with Crippen LogP contribution in [0.4, 0.5) is 0 Å². The van der Waals surface area contributed by atoms with E-state index >= 15 is 0 Å². The molecule has 0 aromatic rings. The fraction of sp³-hybridized carbons (Fsp3) is 0.917. The zero-order chi connectivity index (χ0) is 11.1. The number of nitrogens with zero attached hydrogens (tertiary/aromatic N) is 2. The lowest BCUT2D eigenvalue weighted by molar-refractivity contribution is 0.188. The van der Waals surface area contributed by atoms with E-state index in [0.717, 1.165) is 25.0 Å². The predicted octanol–water partition coefficient (Wildman–Crippen LogP) is 2.88. The Balaban J connectivity index is 2.62. The third kappa shape index (κ3) is 3.49. The van der Waals surface area contributed by atoms with E-state index in [1.54, 1.807) is 0 Å². The highest BCUT2D eigenvalue weighted by atomic mass is 16.4. The zero-order valence-electron chi connectivity index (χ0n) is 10.1. The molecule has 1 rings (SSSR count). The molecule has 1 N–H and O–H groups in total. The Labute approximate surface area is 93.2 Å². The van der Waals surface area contributed by atoms with Gasteiger partial charge in [0, 0.05) is 0 Å². The minimum Gasteiger partial charge on any atom is -0.411 e. The average Bonchev–Trinajstić information content (AvgIpc) is 2.30. The molecule has 1 unspecified atom stereocenters. The van der Waals surface area contributed by atoms with E-state index in [0.29, 0.717) is 6.04 Å². The first-order valence-corrected chi connectivity index (χ1v) is 6.28. The fourth-order valence-electron chi connectivity index (χ4n) is 2.44. The van der Waals surface area contributed by atoms with Crippen LogP contribution in [0.25, 0.3) is 0 Å². The van der Waals surface area contributed by atoms with Crippen molar-refractivity contribution in [1.29, 1.82) is 0 Å². The van der Waals surface area contributed by atoms with Gasteiger partial charge in [0.25, 0.3) is 0 Å². The summed E-state index contributed by atoms with van der Waals surface area (Å²) in [6, 6.07) is 0.380. The second-order valence-corrected chi connectivity index (χ2v) is 4.35. The lowest BCUT2D eigenvalue weighted by Gasteiger charge is -2.34. The van der Waals surface area contributed by atoms with Gasteiger partial charge < -0.3 is 5.21 Å². The molecule has 0 amide bonds. The smallest absolute Gasteiger partial charge is 0.0739 e. The fourth-order valence-corrected chi connectivity index (χ4v) is 2.44. The summed E-state index contributed by atoms with van der Waals surface area (Å²) in [7, 11) is 0. The van der Waals surface area contributed by atoms with E-state index in [4.69, 9.17) is 5.21 Å². The molecule has 0 aromatic carbocycles. The number of piperidine rings is 1. The molecule has 0 saturated carbocycles. The van der Waals surface area contributed by atoms with Gasteiger partial charge in [-0.1, -0.05) is 31.8 Å². The van der Waals surface area contributed by atoms with Crippen LogP contribution in [0.15, 0.2) is 5.16 Å². The molecular formula is C12H24N2O. The second-order valence-electron chi connectivity index (χ2n) is 4.35. The molecule has 1 aliphatic rings. The average molecular weight is 212 g/mol. The van der Waals surface area contributed by atoms with E-state index in [2.05, 4.69) is 23.9 Å². The summed E-state index contributed by atoms with van der Waals surface area (Å²) in [4.78, 5) is 2.49. The third-order valence-corrected chi connectivity index (χ3v) is 3.27. The Kier molecular flexibility index (Phi) is 5.69. The highest BCUT2D eigenvalue weighted by molar-refractivity contribution is 5.88. The van der Waals surface area contributed by atoms with Gasteiger partial charge >= 0.3 is 0 Å². The van der Waals surface area contributed by atoms with Gasteiger partial charge in [0.1, 0.15) is 0 Å². The number of likely N-dealkylation sites (tertiary alicyclic amines) is 1. The first-order valence-electron chi connectivity index (χ1n) is 6.28. The van der Waals surface area contributed by atoms with Gasteiger partial charge in [-0.25, -0.2) is 0 Å². The lowest BCUT2D eigenvalue weighted by atomic mass is 9.99. The normalized spacial score (nSPS) is 21.6. The van der Waals surface area contributed by atoms with Gasteiger partial charge in [0.05, 0.1) is 11.8 Å². The lowest BCUT2D eigenvalue weighted by Crippen LogP contribution is -2.43. The summed E-state index contributed by atoms with van der Waals surface area (Å²) in [5.41, 5.74) is 0.957. The molecule has 88 valence electrons. The first-order chi connectivity index (χ1) is 7.33. The van der Waals surface area contributed by atoms with Gasteiger partial charge in [0.15, 0.2) is 0 Å². The molecule has 1 aliphatic heterocycles. The molecular weight excluding hydrogens is 188 g/mol. The van der Waals surface area contributed by atoms with Crippen LogP contribution in [-0.4, -0.2) is 35.0 Å². The van der Waals surface area contributed by atoms with Crippen molar-refractivity contribution < 1.29 is 5.21 Å². The minimum absolute atomic E-state index is 0.380. The van der Waals surface area contributed by atoms with Crippen molar-refractivity contribution in [3.8, 4) is 0 Å². The van der Waals surface area contributed by atoms with Gasteiger partial charge in [-0.05, 0) is 38.8 Å². The monoisotopic (exact) mass is 212 g/mol. The number of rotatable bonds is 5. The highest BCUT2D eigenvalue weighted by Gasteiger charge is 2.23. The molecule has 3 nitrogen and oxygen atoms in total. The molecule has 0 bridgehead atoms. The Morgan fingerprint density at radius 1 is 1.27 bits per heavy atom. The van der Waals surface area contributed by atoms with Crippen molar-refractivity contribution >= 4 is 5.71 Å². The minimum atomic E-state index is 0.380. The van der Waals surface area contributed by atoms with Crippen molar-refractivity contribution in [1.82, 2.24) is 4.90 Å². The maximum absolute atomic E-state index is 9.02. The van der Waals surface area contributed by atoms with Crippen LogP contribution in [0, 0.1) is 0 Å². The molecule has 3 heteroatoms. The molecule has 0 radical (unpaired) electrons. The van der Waals surface area contributed by atoms with Crippen LogP contribution in [-0.2, 0) is 0 Å². The Morgan fingerprint density at radius 3 is 2.40 bits per heavy atom. The van der Waals surface area contributed by atoms with Crippen LogP contribution < -0.4 is 0 Å². The van der Waals surface area contributed by atoms with E-state index < -0.39 is 0 Å². The maximum atomic E-state index is 9.02. The van der Waals surface area contributed by atoms with Crippen LogP contribution in [0.3, 0.4) is 0 Å². The van der Waals surface area contributed by atoms with Crippen LogP contribution in [0.2, 0.25) is 0 Å². The van der Waals surface area contributed by atoms with Crippen LogP contribution in [0.1, 0.15) is 52.4 Å². The van der Waals surface area contributed by atoms with Gasteiger partial charge in [-0.2, -0.15) is 0 Å². The Bertz CT molecular complexity index is 198. The third-order valence-electron chi connectivity index (χ3n) is 3.27. The SMILES string of the molecule is CCCC(/C(CC)=N/O)N1CCCCC1. The molecule has 0 spiro atoms.